The molecule has 2 amide bonds. The number of benzene rings is 3. The van der Waals surface area contributed by atoms with E-state index in [0.717, 1.165) is 21.4 Å². The fourth-order valence-electron chi connectivity index (χ4n) is 4.53. The van der Waals surface area contributed by atoms with Crippen LogP contribution >= 0.6 is 11.8 Å². The molecule has 0 saturated carbocycles. The molecule has 9 nitrogen and oxygen atoms in total. The highest BCUT2D eigenvalue weighted by molar-refractivity contribution is 8.00. The summed E-state index contributed by atoms with van der Waals surface area (Å²) in [6.45, 7) is 2.91. The van der Waals surface area contributed by atoms with Crippen LogP contribution in [-0.4, -0.2) is 75.0 Å². The zero-order valence-electron chi connectivity index (χ0n) is 20.6. The Kier molecular flexibility index (Phi) is 7.02. The molecular weight excluding hydrogens is 512 g/mol. The van der Waals surface area contributed by atoms with Crippen LogP contribution in [0.2, 0.25) is 0 Å². The monoisotopic (exact) mass is 540 g/mol. The second-order valence-electron chi connectivity index (χ2n) is 8.80. The fourth-order valence-corrected chi connectivity index (χ4v) is 7.25. The van der Waals surface area contributed by atoms with E-state index in [4.69, 9.17) is 4.74 Å². The number of nitrogens with one attached hydrogen (secondary N) is 1. The van der Waals surface area contributed by atoms with Crippen LogP contribution in [0.5, 0.6) is 0 Å². The molecule has 3 aromatic rings. The second-order valence-corrected chi connectivity index (χ2v) is 11.8. The van der Waals surface area contributed by atoms with Crippen molar-refractivity contribution in [3.63, 3.8) is 0 Å². The average Bonchev–Trinajstić information content (AvgIpc) is 3.24. The summed E-state index contributed by atoms with van der Waals surface area (Å²) in [4.78, 5) is 29.7. The molecule has 1 N–H and O–H groups in total. The predicted octanol–water partition coefficient (Wildman–Crippen LogP) is 3.56. The number of rotatable bonds is 5. The molecule has 5 rings (SSSR count). The number of carbonyl (C=O) groups is 2. The molecule has 0 unspecified atom stereocenters. The molecule has 2 aliphatic heterocycles. The highest BCUT2D eigenvalue weighted by Gasteiger charge is 2.32. The average molecular weight is 541 g/mol. The van der Waals surface area contributed by atoms with Crippen LogP contribution in [0.25, 0.3) is 10.8 Å². The van der Waals surface area contributed by atoms with Crippen LogP contribution in [0.1, 0.15) is 17.3 Å². The number of hydrogen-bond donors (Lipinski definition) is 1. The van der Waals surface area contributed by atoms with Gasteiger partial charge in [-0.2, -0.15) is 4.31 Å². The van der Waals surface area contributed by atoms with Crippen LogP contribution in [0.4, 0.5) is 10.5 Å². The first kappa shape index (κ1) is 25.4. The Morgan fingerprint density at radius 2 is 1.70 bits per heavy atom. The predicted molar refractivity (Wildman–Crippen MR) is 143 cm³/mol. The lowest BCUT2D eigenvalue weighted by molar-refractivity contribution is 0.0932. The maximum Gasteiger partial charge on any atom is 0.409 e. The Labute approximate surface area is 220 Å². The second kappa shape index (κ2) is 10.2. The van der Waals surface area contributed by atoms with Gasteiger partial charge in [-0.3, -0.25) is 4.79 Å². The smallest absolute Gasteiger partial charge is 0.409 e. The standard InChI is InChI=1S/C26H28N4O5S2/c1-3-35-26(32)29-14-16-30(17-15-29)37(33,34)20-11-8-19(9-12-20)24(31)27-25-28(2)22-13-10-18-6-4-5-7-21(18)23(22)36-25/h4-13,25H,3,14-17H2,1-2H3,(H,27,31)/t25-/m0/s1. The van der Waals surface area contributed by atoms with E-state index in [9.17, 15) is 18.0 Å². The van der Waals surface area contributed by atoms with Gasteiger partial charge in [-0.05, 0) is 48.0 Å². The third kappa shape index (κ3) is 4.86. The summed E-state index contributed by atoms with van der Waals surface area (Å²) in [6.07, 6.45) is -0.433. The van der Waals surface area contributed by atoms with Gasteiger partial charge in [-0.1, -0.05) is 42.1 Å². The SMILES string of the molecule is CCOC(=O)N1CCN(S(=O)(=O)c2ccc(C(=O)N[C@@H]3Sc4c(ccc5ccccc45)N3C)cc2)CC1. The summed E-state index contributed by atoms with van der Waals surface area (Å²) in [6, 6.07) is 18.3. The number of thioether (sulfide) groups is 1. The van der Waals surface area contributed by atoms with Gasteiger partial charge < -0.3 is 19.9 Å². The molecule has 1 saturated heterocycles. The number of carbonyl (C=O) groups excluding carboxylic acids is 2. The minimum atomic E-state index is -3.74. The van der Waals surface area contributed by atoms with Crippen LogP contribution in [-0.2, 0) is 14.8 Å². The number of anilines is 1. The Morgan fingerprint density at radius 1 is 1.00 bits per heavy atom. The van der Waals surface area contributed by atoms with Gasteiger partial charge in [-0.25, -0.2) is 13.2 Å². The van der Waals surface area contributed by atoms with Gasteiger partial charge in [0.05, 0.1) is 17.2 Å². The molecule has 0 aromatic heterocycles. The lowest BCUT2D eigenvalue weighted by Gasteiger charge is -2.33. The van der Waals surface area contributed by atoms with Crippen molar-refractivity contribution >= 4 is 50.2 Å². The Morgan fingerprint density at radius 3 is 2.41 bits per heavy atom. The third-order valence-corrected chi connectivity index (χ3v) is 9.83. The topological polar surface area (TPSA) is 99.3 Å². The van der Waals surface area contributed by atoms with Gasteiger partial charge in [0.25, 0.3) is 5.91 Å². The lowest BCUT2D eigenvalue weighted by Crippen LogP contribution is -2.50. The van der Waals surface area contributed by atoms with Crippen molar-refractivity contribution in [2.24, 2.45) is 0 Å². The maximum absolute atomic E-state index is 13.1. The molecule has 2 aliphatic rings. The minimum Gasteiger partial charge on any atom is -0.450 e. The third-order valence-electron chi connectivity index (χ3n) is 6.59. The van der Waals surface area contributed by atoms with Gasteiger partial charge in [-0.15, -0.1) is 0 Å². The first-order valence-electron chi connectivity index (χ1n) is 12.0. The molecule has 0 bridgehead atoms. The summed E-state index contributed by atoms with van der Waals surface area (Å²) in [5.41, 5.74) is 1.15. The van der Waals surface area contributed by atoms with Crippen molar-refractivity contribution in [3.05, 3.63) is 66.2 Å². The molecule has 11 heteroatoms. The summed E-state index contributed by atoms with van der Waals surface area (Å²) < 4.78 is 32.6. The Hall–Kier alpha value is -3.28. The number of nitrogens with zero attached hydrogens (tertiary/aromatic N) is 3. The molecule has 0 aliphatic carbocycles. The molecule has 0 radical (unpaired) electrons. The number of hydrogen-bond acceptors (Lipinski definition) is 7. The highest BCUT2D eigenvalue weighted by Crippen LogP contribution is 2.45. The largest absolute Gasteiger partial charge is 0.450 e. The van der Waals surface area contributed by atoms with Crippen LogP contribution in [0, 0.1) is 0 Å². The number of amides is 2. The van der Waals surface area contributed by atoms with E-state index in [1.165, 1.54) is 33.5 Å². The van der Waals surface area contributed by atoms with Gasteiger partial charge in [0.1, 0.15) is 0 Å². The van der Waals surface area contributed by atoms with E-state index >= 15 is 0 Å². The van der Waals surface area contributed by atoms with Crippen LogP contribution in [0.15, 0.2) is 70.5 Å². The summed E-state index contributed by atoms with van der Waals surface area (Å²) in [5, 5.41) is 5.34. The molecule has 0 spiro atoms. The van der Waals surface area contributed by atoms with Crippen LogP contribution < -0.4 is 10.2 Å². The fraction of sp³-hybridized carbons (Fsp3) is 0.308. The molecule has 1 atom stereocenters. The van der Waals surface area contributed by atoms with Crippen molar-refractivity contribution in [1.29, 1.82) is 0 Å². The maximum atomic E-state index is 13.1. The first-order chi connectivity index (χ1) is 17.8. The Bertz CT molecular complexity index is 1440. The zero-order valence-corrected chi connectivity index (χ0v) is 22.2. The summed E-state index contributed by atoms with van der Waals surface area (Å²) >= 11 is 1.58. The quantitative estimate of drug-likeness (QED) is 0.528. The number of fused-ring (bicyclic) bond motifs is 3. The van der Waals surface area contributed by atoms with Crippen molar-refractivity contribution in [1.82, 2.24) is 14.5 Å². The van der Waals surface area contributed by atoms with E-state index < -0.39 is 16.1 Å². The van der Waals surface area contributed by atoms with E-state index in [2.05, 4.69) is 29.6 Å². The van der Waals surface area contributed by atoms with E-state index in [1.807, 2.05) is 24.1 Å². The van der Waals surface area contributed by atoms with E-state index in [0.29, 0.717) is 5.56 Å². The number of piperazine rings is 1. The lowest BCUT2D eigenvalue weighted by atomic mass is 10.1. The van der Waals surface area contributed by atoms with E-state index in [1.54, 1.807) is 18.7 Å². The van der Waals surface area contributed by atoms with Crippen LogP contribution in [0.3, 0.4) is 0 Å². The minimum absolute atomic E-state index is 0.111. The summed E-state index contributed by atoms with van der Waals surface area (Å²) in [7, 11) is -1.80. The zero-order chi connectivity index (χ0) is 26.2. The van der Waals surface area contributed by atoms with Crippen molar-refractivity contribution in [2.45, 2.75) is 22.2 Å². The first-order valence-corrected chi connectivity index (χ1v) is 14.4. The molecule has 37 heavy (non-hydrogen) atoms. The Balaban J connectivity index is 1.24. The molecule has 2 heterocycles. The number of sulfonamides is 1. The van der Waals surface area contributed by atoms with Crippen molar-refractivity contribution < 1.29 is 22.7 Å². The van der Waals surface area contributed by atoms with E-state index in [-0.39, 0.29) is 49.1 Å². The summed E-state index contributed by atoms with van der Waals surface area (Å²) in [5.74, 6) is -0.284. The van der Waals surface area contributed by atoms with Gasteiger partial charge in [0, 0.05) is 43.7 Å². The van der Waals surface area contributed by atoms with Gasteiger partial charge in [0.15, 0.2) is 5.50 Å². The number of ether oxygens (including phenoxy) is 1. The molecular formula is C26H28N4O5S2. The van der Waals surface area contributed by atoms with Crippen molar-refractivity contribution in [2.75, 3.05) is 44.7 Å². The molecule has 3 aromatic carbocycles. The normalized spacial score (nSPS) is 18.1. The van der Waals surface area contributed by atoms with Crippen molar-refractivity contribution in [3.8, 4) is 0 Å². The van der Waals surface area contributed by atoms with Gasteiger partial charge in [0.2, 0.25) is 10.0 Å². The van der Waals surface area contributed by atoms with Gasteiger partial charge >= 0.3 is 6.09 Å². The highest BCUT2D eigenvalue weighted by atomic mass is 32.2. The molecule has 194 valence electrons. The molecule has 1 fully saturated rings.